The van der Waals surface area contributed by atoms with Gasteiger partial charge in [0, 0.05) is 19.8 Å². The lowest BCUT2D eigenvalue weighted by Gasteiger charge is -2.31. The van der Waals surface area contributed by atoms with E-state index in [1.54, 1.807) is 0 Å². The molecule has 1 aromatic rings. The molecule has 0 atom stereocenters. The van der Waals surface area contributed by atoms with Gasteiger partial charge in [0.15, 0.2) is 0 Å². The van der Waals surface area contributed by atoms with Crippen LogP contribution in [0.4, 0.5) is 17.6 Å². The highest BCUT2D eigenvalue weighted by atomic mass is 35.5. The van der Waals surface area contributed by atoms with Crippen molar-refractivity contribution in [2.24, 2.45) is 5.73 Å². The molecule has 0 bridgehead atoms. The molecule has 1 aromatic carbocycles. The van der Waals surface area contributed by atoms with Crippen LogP contribution in [0.3, 0.4) is 0 Å². The molecule has 0 aromatic heterocycles. The second-order valence-corrected chi connectivity index (χ2v) is 5.25. The fourth-order valence-corrected chi connectivity index (χ4v) is 2.28. The number of rotatable bonds is 3. The Hall–Kier alpha value is -1.38. The van der Waals surface area contributed by atoms with Gasteiger partial charge in [0.1, 0.15) is 5.82 Å². The number of hydrogen-bond acceptors (Lipinski definition) is 3. The topological polar surface area (TPSA) is 64.4 Å². The predicted molar refractivity (Wildman–Crippen MR) is 77.5 cm³/mol. The van der Waals surface area contributed by atoms with Crippen LogP contribution in [0.2, 0.25) is 0 Å². The molecule has 1 amide bonds. The summed E-state index contributed by atoms with van der Waals surface area (Å²) in [5, 5.41) is 2.40. The number of carbonyl (C=O) groups is 1. The molecule has 1 heterocycles. The van der Waals surface area contributed by atoms with Crippen molar-refractivity contribution >= 4 is 18.3 Å². The maximum absolute atomic E-state index is 13.0. The van der Waals surface area contributed by atoms with Gasteiger partial charge in [-0.15, -0.1) is 12.4 Å². The summed E-state index contributed by atoms with van der Waals surface area (Å²) in [6.07, 6.45) is -4.09. The van der Waals surface area contributed by atoms with E-state index in [0.717, 1.165) is 12.1 Å². The Kier molecular flexibility index (Phi) is 6.38. The van der Waals surface area contributed by atoms with E-state index in [4.69, 9.17) is 10.5 Å². The predicted octanol–water partition coefficient (Wildman–Crippen LogP) is 2.39. The molecular weight excluding hydrogens is 340 g/mol. The summed E-state index contributed by atoms with van der Waals surface area (Å²) >= 11 is 0. The Morgan fingerprint density at radius 3 is 2.48 bits per heavy atom. The second kappa shape index (κ2) is 7.46. The molecule has 130 valence electrons. The summed E-state index contributed by atoms with van der Waals surface area (Å²) in [4.78, 5) is 12.1. The first-order chi connectivity index (χ1) is 10.2. The highest BCUT2D eigenvalue weighted by Gasteiger charge is 2.37. The molecule has 0 radical (unpaired) electrons. The third kappa shape index (κ3) is 4.79. The number of amides is 1. The molecule has 0 saturated carbocycles. The van der Waals surface area contributed by atoms with Gasteiger partial charge in [-0.05, 0) is 30.5 Å². The van der Waals surface area contributed by atoms with Crippen molar-refractivity contribution in [2.75, 3.05) is 13.2 Å². The van der Waals surface area contributed by atoms with Crippen LogP contribution in [0, 0.1) is 5.82 Å². The Morgan fingerprint density at radius 2 is 1.91 bits per heavy atom. The van der Waals surface area contributed by atoms with E-state index in [0.29, 0.717) is 32.1 Å². The van der Waals surface area contributed by atoms with E-state index >= 15 is 0 Å². The van der Waals surface area contributed by atoms with Gasteiger partial charge >= 0.3 is 6.18 Å². The van der Waals surface area contributed by atoms with Crippen molar-refractivity contribution in [1.29, 1.82) is 0 Å². The number of alkyl halides is 3. The number of benzene rings is 1. The van der Waals surface area contributed by atoms with Crippen molar-refractivity contribution in [3.8, 4) is 0 Å². The van der Waals surface area contributed by atoms with Crippen LogP contribution >= 0.6 is 12.4 Å². The van der Waals surface area contributed by atoms with Crippen molar-refractivity contribution in [3.63, 3.8) is 0 Å². The maximum atomic E-state index is 13.0. The van der Waals surface area contributed by atoms with Gasteiger partial charge in [-0.25, -0.2) is 4.39 Å². The SMILES string of the molecule is Cl.NC1(C(=O)NCc2ccc(F)cc2C(F)(F)F)CCOCC1. The van der Waals surface area contributed by atoms with Gasteiger partial charge in [0.25, 0.3) is 0 Å². The smallest absolute Gasteiger partial charge is 0.381 e. The minimum atomic E-state index is -4.69. The van der Waals surface area contributed by atoms with Crippen LogP contribution in [-0.4, -0.2) is 24.7 Å². The number of ether oxygens (including phenoxy) is 1. The van der Waals surface area contributed by atoms with Gasteiger partial charge < -0.3 is 15.8 Å². The second-order valence-electron chi connectivity index (χ2n) is 5.25. The first-order valence-electron chi connectivity index (χ1n) is 6.73. The van der Waals surface area contributed by atoms with Crippen molar-refractivity contribution in [3.05, 3.63) is 35.1 Å². The Labute approximate surface area is 136 Å². The molecule has 23 heavy (non-hydrogen) atoms. The van der Waals surface area contributed by atoms with Crippen molar-refractivity contribution < 1.29 is 27.1 Å². The van der Waals surface area contributed by atoms with Gasteiger partial charge in [-0.1, -0.05) is 6.07 Å². The fourth-order valence-electron chi connectivity index (χ4n) is 2.28. The van der Waals surface area contributed by atoms with Crippen LogP contribution in [0.5, 0.6) is 0 Å². The first-order valence-corrected chi connectivity index (χ1v) is 6.73. The average molecular weight is 357 g/mol. The molecule has 2 rings (SSSR count). The summed E-state index contributed by atoms with van der Waals surface area (Å²) in [6, 6.07) is 2.34. The standard InChI is InChI=1S/C14H16F4N2O2.ClH/c15-10-2-1-9(11(7-10)14(16,17)18)8-20-12(21)13(19)3-5-22-6-4-13;/h1-2,7H,3-6,8,19H2,(H,20,21);1H. The van der Waals surface area contributed by atoms with Crippen LogP contribution in [0.1, 0.15) is 24.0 Å². The van der Waals surface area contributed by atoms with Crippen molar-refractivity contribution in [2.45, 2.75) is 31.1 Å². The third-order valence-corrected chi connectivity index (χ3v) is 3.65. The summed E-state index contributed by atoms with van der Waals surface area (Å²) in [5.74, 6) is -1.52. The molecule has 0 aliphatic carbocycles. The zero-order chi connectivity index (χ0) is 16.4. The Balaban J connectivity index is 0.00000264. The summed E-state index contributed by atoms with van der Waals surface area (Å²) < 4.78 is 56.7. The lowest BCUT2D eigenvalue weighted by atomic mass is 9.90. The summed E-state index contributed by atoms with van der Waals surface area (Å²) in [6.45, 7) is 0.288. The fraction of sp³-hybridized carbons (Fsp3) is 0.500. The van der Waals surface area contributed by atoms with E-state index in [1.165, 1.54) is 0 Å². The van der Waals surface area contributed by atoms with Gasteiger partial charge in [-0.3, -0.25) is 4.79 Å². The van der Waals surface area contributed by atoms with E-state index in [-0.39, 0.29) is 24.5 Å². The van der Waals surface area contributed by atoms with E-state index in [9.17, 15) is 22.4 Å². The third-order valence-electron chi connectivity index (χ3n) is 3.65. The van der Waals surface area contributed by atoms with Gasteiger partial charge in [0.2, 0.25) is 5.91 Å². The highest BCUT2D eigenvalue weighted by Crippen LogP contribution is 2.32. The van der Waals surface area contributed by atoms with Crippen LogP contribution in [-0.2, 0) is 22.3 Å². The number of nitrogens with two attached hydrogens (primary N) is 1. The van der Waals surface area contributed by atoms with E-state index in [1.807, 2.05) is 0 Å². The normalized spacial score (nSPS) is 17.3. The van der Waals surface area contributed by atoms with Gasteiger partial charge in [0.05, 0.1) is 11.1 Å². The molecule has 0 unspecified atom stereocenters. The molecule has 3 N–H and O–H groups in total. The van der Waals surface area contributed by atoms with Gasteiger partial charge in [-0.2, -0.15) is 13.2 Å². The van der Waals surface area contributed by atoms with Crippen molar-refractivity contribution in [1.82, 2.24) is 5.32 Å². The zero-order valence-corrected chi connectivity index (χ0v) is 12.9. The highest BCUT2D eigenvalue weighted by molar-refractivity contribution is 5.86. The largest absolute Gasteiger partial charge is 0.416 e. The monoisotopic (exact) mass is 356 g/mol. The van der Waals surface area contributed by atoms with Crippen LogP contribution in [0.15, 0.2) is 18.2 Å². The summed E-state index contributed by atoms with van der Waals surface area (Å²) in [5.41, 5.74) is 3.48. The zero-order valence-electron chi connectivity index (χ0n) is 12.1. The molecule has 0 spiro atoms. The maximum Gasteiger partial charge on any atom is 0.416 e. The first kappa shape index (κ1) is 19.7. The molecule has 1 saturated heterocycles. The Bertz CT molecular complexity index is 560. The quantitative estimate of drug-likeness (QED) is 0.817. The van der Waals surface area contributed by atoms with E-state index in [2.05, 4.69) is 5.32 Å². The molecule has 1 aliphatic rings. The lowest BCUT2D eigenvalue weighted by molar-refractivity contribution is -0.139. The number of carbonyl (C=O) groups excluding carboxylic acids is 1. The molecule has 4 nitrogen and oxygen atoms in total. The molecule has 1 aliphatic heterocycles. The number of halogens is 5. The number of hydrogen-bond donors (Lipinski definition) is 2. The average Bonchev–Trinajstić information content (AvgIpc) is 2.45. The number of nitrogens with one attached hydrogen (secondary N) is 1. The molecular formula is C14H17ClF4N2O2. The van der Waals surface area contributed by atoms with Crippen LogP contribution < -0.4 is 11.1 Å². The molecule has 9 heteroatoms. The minimum absolute atomic E-state index is 0. The van der Waals surface area contributed by atoms with E-state index < -0.39 is 29.0 Å². The minimum Gasteiger partial charge on any atom is -0.381 e. The molecule has 1 fully saturated rings. The summed E-state index contributed by atoms with van der Waals surface area (Å²) in [7, 11) is 0. The Morgan fingerprint density at radius 1 is 1.30 bits per heavy atom. The lowest BCUT2D eigenvalue weighted by Crippen LogP contribution is -2.56. The van der Waals surface area contributed by atoms with Crippen LogP contribution in [0.25, 0.3) is 0 Å².